The van der Waals surface area contributed by atoms with Gasteiger partial charge < -0.3 is 24.9 Å². The summed E-state index contributed by atoms with van der Waals surface area (Å²) in [5.41, 5.74) is -8.24. The van der Waals surface area contributed by atoms with Gasteiger partial charge in [0.25, 0.3) is 5.09 Å². The Morgan fingerprint density at radius 2 is 1.89 bits per heavy atom. The zero-order valence-corrected chi connectivity index (χ0v) is 21.0. The van der Waals surface area contributed by atoms with Crippen LogP contribution in [0.5, 0.6) is 0 Å². The maximum Gasteiger partial charge on any atom is 0.306 e. The molecule has 3 N–H and O–H groups in total. The zero-order chi connectivity index (χ0) is 28.3. The summed E-state index contributed by atoms with van der Waals surface area (Å²) in [6.45, 7) is 1.27. The maximum atomic E-state index is 17.2. The molecule has 0 bridgehead atoms. The SMILES string of the molecule is C[C@]12C=CC(=O)C=C1[C@@H](F)CC1C3C[C@@H](O)[C@](OC(=O)CCCO[N+](=O)[O-])(C(=O)CO)[C@@]3(C)C[C@H](O)[C@@]12F. The van der Waals surface area contributed by atoms with E-state index < -0.39 is 107 Å². The number of nitrogens with zero attached hydrogens (tertiary/aromatic N) is 1. The minimum absolute atomic E-state index is 0.0917. The predicted molar refractivity (Wildman–Crippen MR) is 123 cm³/mol. The molecular formula is C25H31F2NO10. The highest BCUT2D eigenvalue weighted by molar-refractivity contribution is 6.01. The van der Waals surface area contributed by atoms with Crippen molar-refractivity contribution in [2.75, 3.05) is 13.2 Å². The van der Waals surface area contributed by atoms with Crippen molar-refractivity contribution in [1.29, 1.82) is 0 Å². The monoisotopic (exact) mass is 543 g/mol. The fourth-order valence-corrected chi connectivity index (χ4v) is 7.65. The van der Waals surface area contributed by atoms with Crippen LogP contribution in [0.15, 0.2) is 23.8 Å². The lowest BCUT2D eigenvalue weighted by atomic mass is 9.44. The number of hydrogen-bond donors (Lipinski definition) is 3. The molecule has 0 aromatic heterocycles. The molecule has 0 amide bonds. The first-order valence-electron chi connectivity index (χ1n) is 12.5. The molecule has 9 atom stereocenters. The smallest absolute Gasteiger partial charge is 0.306 e. The first kappa shape index (κ1) is 28.2. The first-order valence-corrected chi connectivity index (χ1v) is 12.5. The summed E-state index contributed by atoms with van der Waals surface area (Å²) >= 11 is 0. The molecule has 3 saturated carbocycles. The number of carbonyl (C=O) groups excluding carboxylic acids is 3. The van der Waals surface area contributed by atoms with E-state index in [1.807, 2.05) is 0 Å². The van der Waals surface area contributed by atoms with E-state index in [4.69, 9.17) is 4.74 Å². The number of rotatable bonds is 8. The summed E-state index contributed by atoms with van der Waals surface area (Å²) in [5.74, 6) is -4.80. The Kier molecular flexibility index (Phi) is 7.03. The molecule has 2 unspecified atom stereocenters. The number of carbonyl (C=O) groups is 3. The molecule has 0 heterocycles. The zero-order valence-electron chi connectivity index (χ0n) is 21.0. The molecule has 0 spiro atoms. The van der Waals surface area contributed by atoms with E-state index in [0.717, 1.165) is 12.2 Å². The van der Waals surface area contributed by atoms with Crippen molar-refractivity contribution >= 4 is 17.5 Å². The summed E-state index contributed by atoms with van der Waals surface area (Å²) in [7, 11) is 0. The quantitative estimate of drug-likeness (QED) is 0.174. The van der Waals surface area contributed by atoms with Crippen LogP contribution in [0.2, 0.25) is 0 Å². The number of allylic oxidation sites excluding steroid dienone is 4. The molecule has 3 fully saturated rings. The average molecular weight is 544 g/mol. The number of aliphatic hydroxyl groups excluding tert-OH is 3. The fourth-order valence-electron chi connectivity index (χ4n) is 7.65. The third kappa shape index (κ3) is 3.73. The number of ketones is 2. The van der Waals surface area contributed by atoms with E-state index in [1.165, 1.54) is 19.9 Å². The second-order valence-corrected chi connectivity index (χ2v) is 11.1. The Labute approximate surface area is 216 Å². The number of halogens is 2. The molecule has 0 radical (unpaired) electrons. The van der Waals surface area contributed by atoms with Gasteiger partial charge in [-0.2, -0.15) is 0 Å². The van der Waals surface area contributed by atoms with E-state index in [2.05, 4.69) is 4.84 Å². The van der Waals surface area contributed by atoms with Gasteiger partial charge in [-0.15, -0.1) is 10.1 Å². The largest absolute Gasteiger partial charge is 0.447 e. The molecule has 4 aliphatic rings. The highest BCUT2D eigenvalue weighted by atomic mass is 19.1. The molecule has 0 aliphatic heterocycles. The van der Waals surface area contributed by atoms with Crippen LogP contribution >= 0.6 is 0 Å². The average Bonchev–Trinajstić information content (AvgIpc) is 3.06. The van der Waals surface area contributed by atoms with Crippen LogP contribution in [0, 0.1) is 32.8 Å². The highest BCUT2D eigenvalue weighted by Gasteiger charge is 2.78. The molecule has 0 aromatic rings. The lowest BCUT2D eigenvalue weighted by Gasteiger charge is -2.63. The van der Waals surface area contributed by atoms with Gasteiger partial charge in [0.1, 0.15) is 18.9 Å². The molecule has 4 aliphatic carbocycles. The minimum Gasteiger partial charge on any atom is -0.447 e. The van der Waals surface area contributed by atoms with E-state index in [9.17, 15) is 39.8 Å². The van der Waals surface area contributed by atoms with Crippen molar-refractivity contribution in [2.45, 2.75) is 75.6 Å². The van der Waals surface area contributed by atoms with Gasteiger partial charge in [-0.1, -0.05) is 13.0 Å². The van der Waals surface area contributed by atoms with Crippen LogP contribution in [0.3, 0.4) is 0 Å². The molecule has 38 heavy (non-hydrogen) atoms. The summed E-state index contributed by atoms with van der Waals surface area (Å²) in [4.78, 5) is 52.4. The standard InChI is InChI=1S/C25H31F2NO10/c1-22-6-5-13(30)8-16(22)17(26)9-15-14-10-18(31)25(20(33)12-29,23(14,2)11-19(32)24(15,22)27)38-21(34)4-3-7-37-28(35)36/h5-6,8,14-15,17-19,29,31-32H,3-4,7,9-12H2,1-2H3/t14?,15?,17-,18+,19-,22-,23-,24-,25-/m0/s1. The lowest BCUT2D eigenvalue weighted by molar-refractivity contribution is -0.757. The number of aliphatic hydroxyl groups is 3. The van der Waals surface area contributed by atoms with Gasteiger partial charge in [0, 0.05) is 23.2 Å². The predicted octanol–water partition coefficient (Wildman–Crippen LogP) is 1.11. The molecule has 0 saturated heterocycles. The minimum atomic E-state index is -2.48. The third-order valence-corrected chi connectivity index (χ3v) is 9.37. The second-order valence-electron chi connectivity index (χ2n) is 11.1. The Bertz CT molecular complexity index is 1110. The van der Waals surface area contributed by atoms with E-state index in [1.54, 1.807) is 0 Å². The van der Waals surface area contributed by atoms with Crippen LogP contribution in [-0.4, -0.2) is 80.8 Å². The number of ether oxygens (including phenoxy) is 1. The van der Waals surface area contributed by atoms with Gasteiger partial charge in [-0.25, -0.2) is 8.78 Å². The Balaban J connectivity index is 1.73. The van der Waals surface area contributed by atoms with Gasteiger partial charge >= 0.3 is 5.97 Å². The van der Waals surface area contributed by atoms with Gasteiger partial charge in [-0.3, -0.25) is 14.4 Å². The Morgan fingerprint density at radius 3 is 2.53 bits per heavy atom. The second kappa shape index (κ2) is 9.45. The van der Waals surface area contributed by atoms with E-state index >= 15 is 8.78 Å². The number of alkyl halides is 2. The van der Waals surface area contributed by atoms with Crippen LogP contribution in [0.4, 0.5) is 8.78 Å². The third-order valence-electron chi connectivity index (χ3n) is 9.37. The van der Waals surface area contributed by atoms with Crippen molar-refractivity contribution < 1.29 is 53.1 Å². The molecular weight excluding hydrogens is 512 g/mol. The summed E-state index contributed by atoms with van der Waals surface area (Å²) in [6.07, 6.45) is -3.67. The summed E-state index contributed by atoms with van der Waals surface area (Å²) in [5, 5.41) is 41.6. The lowest BCUT2D eigenvalue weighted by Crippen LogP contribution is -2.71. The molecule has 0 aromatic carbocycles. The van der Waals surface area contributed by atoms with Crippen LogP contribution < -0.4 is 0 Å². The van der Waals surface area contributed by atoms with Crippen molar-refractivity contribution in [3.05, 3.63) is 33.9 Å². The fraction of sp³-hybridized carbons (Fsp3) is 0.720. The molecule has 4 rings (SSSR count). The van der Waals surface area contributed by atoms with E-state index in [-0.39, 0.29) is 18.4 Å². The Morgan fingerprint density at radius 1 is 1.21 bits per heavy atom. The number of fused-ring (bicyclic) bond motifs is 5. The topological polar surface area (TPSA) is 173 Å². The maximum absolute atomic E-state index is 17.2. The van der Waals surface area contributed by atoms with Crippen LogP contribution in [-0.2, 0) is 24.0 Å². The van der Waals surface area contributed by atoms with Crippen molar-refractivity contribution in [2.24, 2.45) is 22.7 Å². The van der Waals surface area contributed by atoms with Crippen molar-refractivity contribution in [3.8, 4) is 0 Å². The number of hydrogen-bond acceptors (Lipinski definition) is 10. The molecule has 210 valence electrons. The number of Topliss-reactive ketones (excluding diaryl/α,β-unsaturated/α-hetero) is 1. The van der Waals surface area contributed by atoms with Crippen molar-refractivity contribution in [3.63, 3.8) is 0 Å². The normalized spacial score (nSPS) is 43.4. The highest BCUT2D eigenvalue weighted by Crippen LogP contribution is 2.70. The van der Waals surface area contributed by atoms with Crippen LogP contribution in [0.25, 0.3) is 0 Å². The van der Waals surface area contributed by atoms with Crippen molar-refractivity contribution in [1.82, 2.24) is 0 Å². The number of esters is 1. The summed E-state index contributed by atoms with van der Waals surface area (Å²) in [6, 6.07) is 0. The Hall–Kier alpha value is -2.77. The van der Waals surface area contributed by atoms with Gasteiger partial charge in [0.2, 0.25) is 11.4 Å². The molecule has 11 nitrogen and oxygen atoms in total. The first-order chi connectivity index (χ1) is 17.7. The van der Waals surface area contributed by atoms with Gasteiger partial charge in [-0.05, 0) is 56.3 Å². The molecule has 13 heteroatoms. The van der Waals surface area contributed by atoms with Gasteiger partial charge in [0.15, 0.2) is 11.5 Å². The summed E-state index contributed by atoms with van der Waals surface area (Å²) < 4.78 is 38.3. The van der Waals surface area contributed by atoms with Crippen LogP contribution in [0.1, 0.15) is 46.0 Å². The van der Waals surface area contributed by atoms with E-state index in [0.29, 0.717) is 0 Å². The van der Waals surface area contributed by atoms with Gasteiger partial charge in [0.05, 0.1) is 12.7 Å².